The minimum absolute atomic E-state index is 0.131. The normalized spacial score (nSPS) is 24.6. The van der Waals surface area contributed by atoms with Gasteiger partial charge in [0.05, 0.1) is 18.3 Å². The van der Waals surface area contributed by atoms with Crippen molar-refractivity contribution in [3.05, 3.63) is 29.3 Å². The van der Waals surface area contributed by atoms with Crippen molar-refractivity contribution in [1.29, 1.82) is 0 Å². The smallest absolute Gasteiger partial charge is 0.419 e. The Hall–Kier alpha value is -1.31. The molecule has 25 heavy (non-hydrogen) atoms. The van der Waals surface area contributed by atoms with Gasteiger partial charge in [-0.15, -0.1) is 0 Å². The lowest BCUT2D eigenvalue weighted by Gasteiger charge is -2.31. The predicted octanol–water partition coefficient (Wildman–Crippen LogP) is 4.14. The van der Waals surface area contributed by atoms with Crippen LogP contribution in [0.5, 0.6) is 5.75 Å². The van der Waals surface area contributed by atoms with E-state index >= 15 is 0 Å². The minimum atomic E-state index is -4.57. The monoisotopic (exact) mass is 359 g/mol. The third-order valence-electron chi connectivity index (χ3n) is 5.02. The van der Waals surface area contributed by atoms with Gasteiger partial charge in [-0.1, -0.05) is 18.6 Å². The molecule has 1 aromatic rings. The first kappa shape index (κ1) is 18.5. The van der Waals surface area contributed by atoms with Crippen LogP contribution in [-0.2, 0) is 15.7 Å². The average molecular weight is 359 g/mol. The van der Waals surface area contributed by atoms with Crippen LogP contribution in [0.15, 0.2) is 18.2 Å². The maximum absolute atomic E-state index is 12.9. The molecule has 4 nitrogen and oxygen atoms in total. The minimum Gasteiger partial charge on any atom is -0.507 e. The molecular weight excluding hydrogens is 335 g/mol. The molecule has 0 aromatic heterocycles. The maximum Gasteiger partial charge on any atom is 0.419 e. The third-order valence-corrected chi connectivity index (χ3v) is 5.02. The molecular formula is C18H24F3NO3. The highest BCUT2D eigenvalue weighted by Gasteiger charge is 2.42. The summed E-state index contributed by atoms with van der Waals surface area (Å²) < 4.78 is 50.6. The Balaban J connectivity index is 1.59. The van der Waals surface area contributed by atoms with Gasteiger partial charge in [-0.05, 0) is 25.8 Å². The molecule has 140 valence electrons. The van der Waals surface area contributed by atoms with Crippen molar-refractivity contribution in [1.82, 2.24) is 5.32 Å². The van der Waals surface area contributed by atoms with E-state index in [-0.39, 0.29) is 11.7 Å². The largest absolute Gasteiger partial charge is 0.507 e. The third kappa shape index (κ3) is 4.10. The lowest BCUT2D eigenvalue weighted by atomic mass is 9.94. The standard InChI is InChI=1S/C18H24F3NO3/c1-12(14-6-5-7-15(16(14)23)18(19,20)21)22-10-13-11-24-17(25-13)8-3-2-4-9-17/h5-7,12-13,22-23H,2-4,8-11H2,1H3/t12-,13-/m1/s1. The molecule has 0 radical (unpaired) electrons. The van der Waals surface area contributed by atoms with Crippen molar-refractivity contribution in [2.24, 2.45) is 0 Å². The second-order valence-corrected chi connectivity index (χ2v) is 6.89. The van der Waals surface area contributed by atoms with Crippen molar-refractivity contribution in [3.63, 3.8) is 0 Å². The number of para-hydroxylation sites is 1. The summed E-state index contributed by atoms with van der Waals surface area (Å²) in [5.74, 6) is -1.19. The van der Waals surface area contributed by atoms with E-state index in [1.165, 1.54) is 18.6 Å². The molecule has 2 aliphatic rings. The molecule has 0 unspecified atom stereocenters. The summed E-state index contributed by atoms with van der Waals surface area (Å²) in [7, 11) is 0. The first-order chi connectivity index (χ1) is 11.8. The molecule has 1 aliphatic heterocycles. The number of aromatic hydroxyl groups is 1. The van der Waals surface area contributed by atoms with Crippen LogP contribution in [-0.4, -0.2) is 30.1 Å². The van der Waals surface area contributed by atoms with E-state index in [9.17, 15) is 18.3 Å². The molecule has 3 rings (SSSR count). The average Bonchev–Trinajstić information content (AvgIpc) is 2.95. The van der Waals surface area contributed by atoms with E-state index in [0.29, 0.717) is 13.2 Å². The molecule has 2 N–H and O–H groups in total. The molecule has 2 fully saturated rings. The molecule has 1 heterocycles. The van der Waals surface area contributed by atoms with Crippen LogP contribution in [0.4, 0.5) is 13.2 Å². The number of nitrogens with one attached hydrogen (secondary N) is 1. The van der Waals surface area contributed by atoms with E-state index < -0.39 is 29.3 Å². The Morgan fingerprint density at radius 1 is 1.28 bits per heavy atom. The van der Waals surface area contributed by atoms with Gasteiger partial charge in [0, 0.05) is 31.0 Å². The Morgan fingerprint density at radius 2 is 2.00 bits per heavy atom. The van der Waals surface area contributed by atoms with Crippen molar-refractivity contribution < 1.29 is 27.8 Å². The van der Waals surface area contributed by atoms with Crippen LogP contribution in [0.2, 0.25) is 0 Å². The second kappa shape index (κ2) is 7.13. The number of hydrogen-bond donors (Lipinski definition) is 2. The molecule has 0 bridgehead atoms. The molecule has 2 atom stereocenters. The molecule has 0 amide bonds. The van der Waals surface area contributed by atoms with Gasteiger partial charge in [0.1, 0.15) is 5.75 Å². The lowest BCUT2D eigenvalue weighted by molar-refractivity contribution is -0.186. The van der Waals surface area contributed by atoms with Crippen molar-refractivity contribution >= 4 is 0 Å². The van der Waals surface area contributed by atoms with Crippen LogP contribution in [0.3, 0.4) is 0 Å². The Labute approximate surface area is 145 Å². The Kier molecular flexibility index (Phi) is 5.27. The van der Waals surface area contributed by atoms with Gasteiger partial charge in [0.2, 0.25) is 0 Å². The van der Waals surface area contributed by atoms with Crippen molar-refractivity contribution in [3.8, 4) is 5.75 Å². The number of phenols is 1. The number of rotatable bonds is 4. The van der Waals surface area contributed by atoms with Crippen molar-refractivity contribution in [2.45, 2.75) is 63.1 Å². The van der Waals surface area contributed by atoms with Crippen LogP contribution >= 0.6 is 0 Å². The van der Waals surface area contributed by atoms with Gasteiger partial charge in [0.25, 0.3) is 0 Å². The highest BCUT2D eigenvalue weighted by atomic mass is 19.4. The van der Waals surface area contributed by atoms with Crippen LogP contribution in [0.25, 0.3) is 0 Å². The van der Waals surface area contributed by atoms with E-state index in [1.54, 1.807) is 6.92 Å². The zero-order valence-corrected chi connectivity index (χ0v) is 14.2. The van der Waals surface area contributed by atoms with Crippen LogP contribution in [0, 0.1) is 0 Å². The number of halogens is 3. The fraction of sp³-hybridized carbons (Fsp3) is 0.667. The van der Waals surface area contributed by atoms with Crippen molar-refractivity contribution in [2.75, 3.05) is 13.2 Å². The number of ether oxygens (including phenoxy) is 2. The fourth-order valence-electron chi connectivity index (χ4n) is 3.63. The highest BCUT2D eigenvalue weighted by molar-refractivity contribution is 5.43. The Bertz CT molecular complexity index is 600. The summed E-state index contributed by atoms with van der Waals surface area (Å²) in [6, 6.07) is 3.25. The van der Waals surface area contributed by atoms with Crippen LogP contribution in [0.1, 0.15) is 56.2 Å². The molecule has 7 heteroatoms. The highest BCUT2D eigenvalue weighted by Crippen LogP contribution is 2.40. The summed E-state index contributed by atoms with van der Waals surface area (Å²) in [4.78, 5) is 0. The topological polar surface area (TPSA) is 50.7 Å². The number of hydrogen-bond acceptors (Lipinski definition) is 4. The van der Waals surface area contributed by atoms with E-state index in [4.69, 9.17) is 9.47 Å². The lowest BCUT2D eigenvalue weighted by Crippen LogP contribution is -2.36. The Morgan fingerprint density at radius 3 is 2.68 bits per heavy atom. The van der Waals surface area contributed by atoms with Gasteiger partial charge in [-0.25, -0.2) is 0 Å². The number of phenolic OH excluding ortho intramolecular Hbond substituents is 1. The summed E-state index contributed by atoms with van der Waals surface area (Å²) in [5.41, 5.74) is -0.790. The first-order valence-electron chi connectivity index (χ1n) is 8.75. The van der Waals surface area contributed by atoms with E-state index in [0.717, 1.165) is 31.7 Å². The van der Waals surface area contributed by atoms with E-state index in [1.807, 2.05) is 0 Å². The molecule has 1 saturated carbocycles. The van der Waals surface area contributed by atoms with E-state index in [2.05, 4.69) is 5.32 Å². The van der Waals surface area contributed by atoms with Gasteiger partial charge >= 0.3 is 6.18 Å². The number of benzene rings is 1. The van der Waals surface area contributed by atoms with Gasteiger partial charge in [-0.3, -0.25) is 0 Å². The fourth-order valence-corrected chi connectivity index (χ4v) is 3.63. The van der Waals surface area contributed by atoms with Gasteiger partial charge in [0.15, 0.2) is 5.79 Å². The van der Waals surface area contributed by atoms with Crippen LogP contribution < -0.4 is 5.32 Å². The predicted molar refractivity (Wildman–Crippen MR) is 86.2 cm³/mol. The van der Waals surface area contributed by atoms with Gasteiger partial charge < -0.3 is 19.9 Å². The van der Waals surface area contributed by atoms with Gasteiger partial charge in [-0.2, -0.15) is 13.2 Å². The molecule has 1 saturated heterocycles. The zero-order chi connectivity index (χ0) is 18.1. The molecule has 1 aliphatic carbocycles. The molecule has 1 spiro atoms. The molecule has 1 aromatic carbocycles. The zero-order valence-electron chi connectivity index (χ0n) is 14.2. The SMILES string of the molecule is C[C@@H](NC[C@@H]1COC2(CCCCC2)O1)c1cccc(C(F)(F)F)c1O. The first-order valence-corrected chi connectivity index (χ1v) is 8.75. The summed E-state index contributed by atoms with van der Waals surface area (Å²) in [6.07, 6.45) is 0.469. The second-order valence-electron chi connectivity index (χ2n) is 6.89. The quantitative estimate of drug-likeness (QED) is 0.848. The summed E-state index contributed by atoms with van der Waals surface area (Å²) in [5, 5.41) is 13.1. The summed E-state index contributed by atoms with van der Waals surface area (Å²) in [6.45, 7) is 2.66. The number of alkyl halides is 3. The maximum atomic E-state index is 12.9. The summed E-state index contributed by atoms with van der Waals surface area (Å²) >= 11 is 0.